The van der Waals surface area contributed by atoms with Crippen molar-refractivity contribution < 1.29 is 5.11 Å². The van der Waals surface area contributed by atoms with Crippen molar-refractivity contribution in [1.29, 1.82) is 0 Å². The maximum Gasteiger partial charge on any atom is 0.0571 e. The summed E-state index contributed by atoms with van der Waals surface area (Å²) in [6, 6.07) is 10.9. The summed E-state index contributed by atoms with van der Waals surface area (Å²) < 4.78 is 0. The molecule has 0 bridgehead atoms. The van der Waals surface area contributed by atoms with Crippen LogP contribution < -0.4 is 0 Å². The summed E-state index contributed by atoms with van der Waals surface area (Å²) in [7, 11) is 0. The lowest BCUT2D eigenvalue weighted by Crippen LogP contribution is -2.35. The fourth-order valence-electron chi connectivity index (χ4n) is 4.59. The second-order valence-electron chi connectivity index (χ2n) is 7.18. The molecule has 3 rings (SSSR count). The van der Waals surface area contributed by atoms with Crippen molar-refractivity contribution in [2.45, 2.75) is 63.9 Å². The Kier molecular flexibility index (Phi) is 4.45. The Morgan fingerprint density at radius 1 is 0.950 bits per heavy atom. The predicted molar refractivity (Wildman–Crippen MR) is 83.7 cm³/mol. The lowest BCUT2D eigenvalue weighted by atomic mass is 9.66. The standard InChI is InChI=1S/C19H28O/c1-14-6-5-9-17(12-14)18-13-16(10-11-19(18)20)15-7-3-2-4-8-15/h2-4,7-8,14,16-20H,5-6,9-13H2,1H3. The first-order valence-corrected chi connectivity index (χ1v) is 8.47. The molecule has 0 aromatic heterocycles. The van der Waals surface area contributed by atoms with E-state index < -0.39 is 0 Å². The lowest BCUT2D eigenvalue weighted by Gasteiger charge is -2.41. The van der Waals surface area contributed by atoms with E-state index in [-0.39, 0.29) is 6.10 Å². The summed E-state index contributed by atoms with van der Waals surface area (Å²) in [6.45, 7) is 2.38. The second-order valence-corrected chi connectivity index (χ2v) is 7.18. The Bertz CT molecular complexity index is 413. The maximum absolute atomic E-state index is 10.5. The molecule has 5 atom stereocenters. The van der Waals surface area contributed by atoms with Gasteiger partial charge in [-0.1, -0.05) is 56.5 Å². The molecule has 1 aromatic carbocycles. The molecule has 1 nitrogen and oxygen atoms in total. The van der Waals surface area contributed by atoms with Gasteiger partial charge in [-0.15, -0.1) is 0 Å². The molecule has 2 fully saturated rings. The van der Waals surface area contributed by atoms with Gasteiger partial charge in [-0.2, -0.15) is 0 Å². The van der Waals surface area contributed by atoms with Crippen LogP contribution in [0.3, 0.4) is 0 Å². The topological polar surface area (TPSA) is 20.2 Å². The van der Waals surface area contributed by atoms with Gasteiger partial charge in [0, 0.05) is 0 Å². The second kappa shape index (κ2) is 6.30. The zero-order chi connectivity index (χ0) is 13.9. The van der Waals surface area contributed by atoms with Gasteiger partial charge in [-0.3, -0.25) is 0 Å². The maximum atomic E-state index is 10.5. The van der Waals surface area contributed by atoms with Crippen molar-refractivity contribution in [2.24, 2.45) is 17.8 Å². The average Bonchev–Trinajstić information content (AvgIpc) is 2.48. The van der Waals surface area contributed by atoms with Crippen LogP contribution in [0, 0.1) is 17.8 Å². The number of aliphatic hydroxyl groups is 1. The highest BCUT2D eigenvalue weighted by Crippen LogP contribution is 2.44. The van der Waals surface area contributed by atoms with Crippen LogP contribution in [-0.4, -0.2) is 11.2 Å². The minimum Gasteiger partial charge on any atom is -0.393 e. The molecule has 1 aromatic rings. The van der Waals surface area contributed by atoms with E-state index in [9.17, 15) is 5.11 Å². The van der Waals surface area contributed by atoms with Gasteiger partial charge >= 0.3 is 0 Å². The quantitative estimate of drug-likeness (QED) is 0.823. The molecule has 2 aliphatic carbocycles. The molecule has 0 aliphatic heterocycles. The Balaban J connectivity index is 1.70. The van der Waals surface area contributed by atoms with E-state index in [1.54, 1.807) is 0 Å². The first kappa shape index (κ1) is 14.1. The fraction of sp³-hybridized carbons (Fsp3) is 0.684. The molecule has 2 aliphatic rings. The molecule has 0 amide bonds. The molecule has 0 radical (unpaired) electrons. The van der Waals surface area contributed by atoms with Crippen molar-refractivity contribution >= 4 is 0 Å². The summed E-state index contributed by atoms with van der Waals surface area (Å²) >= 11 is 0. The summed E-state index contributed by atoms with van der Waals surface area (Å²) in [6.07, 6.45) is 8.73. The van der Waals surface area contributed by atoms with Gasteiger partial charge < -0.3 is 5.11 Å². The van der Waals surface area contributed by atoms with Gasteiger partial charge in [0.15, 0.2) is 0 Å². The van der Waals surface area contributed by atoms with E-state index in [0.29, 0.717) is 11.8 Å². The molecule has 0 heterocycles. The van der Waals surface area contributed by atoms with E-state index in [4.69, 9.17) is 0 Å². The van der Waals surface area contributed by atoms with E-state index in [0.717, 1.165) is 24.7 Å². The molecule has 2 saturated carbocycles. The highest BCUT2D eigenvalue weighted by molar-refractivity contribution is 5.20. The SMILES string of the molecule is CC1CCCC(C2CC(c3ccccc3)CCC2O)C1. The van der Waals surface area contributed by atoms with Crippen molar-refractivity contribution in [3.8, 4) is 0 Å². The van der Waals surface area contributed by atoms with Crippen LogP contribution in [0.15, 0.2) is 30.3 Å². The third-order valence-electron chi connectivity index (χ3n) is 5.72. The third-order valence-corrected chi connectivity index (χ3v) is 5.72. The largest absolute Gasteiger partial charge is 0.393 e. The molecule has 1 heteroatoms. The molecular weight excluding hydrogens is 244 g/mol. The van der Waals surface area contributed by atoms with E-state index in [2.05, 4.69) is 37.3 Å². The van der Waals surface area contributed by atoms with Crippen molar-refractivity contribution in [3.63, 3.8) is 0 Å². The normalized spacial score (nSPS) is 38.6. The highest BCUT2D eigenvalue weighted by Gasteiger charge is 2.36. The molecular formula is C19H28O. The summed E-state index contributed by atoms with van der Waals surface area (Å²) in [5, 5.41) is 10.5. The molecule has 0 saturated heterocycles. The van der Waals surface area contributed by atoms with Crippen molar-refractivity contribution in [1.82, 2.24) is 0 Å². The van der Waals surface area contributed by atoms with Crippen LogP contribution in [-0.2, 0) is 0 Å². The number of aliphatic hydroxyl groups excluding tert-OH is 1. The van der Waals surface area contributed by atoms with Crippen LogP contribution >= 0.6 is 0 Å². The molecule has 5 unspecified atom stereocenters. The Morgan fingerprint density at radius 3 is 2.50 bits per heavy atom. The zero-order valence-electron chi connectivity index (χ0n) is 12.7. The van der Waals surface area contributed by atoms with Crippen LogP contribution in [0.4, 0.5) is 0 Å². The van der Waals surface area contributed by atoms with Gasteiger partial charge in [-0.05, 0) is 54.9 Å². The average molecular weight is 272 g/mol. The van der Waals surface area contributed by atoms with Gasteiger partial charge in [0.05, 0.1) is 6.10 Å². The minimum absolute atomic E-state index is 0.0507. The van der Waals surface area contributed by atoms with Crippen LogP contribution in [0.5, 0.6) is 0 Å². The number of rotatable bonds is 2. The van der Waals surface area contributed by atoms with Gasteiger partial charge in [0.25, 0.3) is 0 Å². The predicted octanol–water partition coefficient (Wildman–Crippen LogP) is 4.76. The molecule has 110 valence electrons. The van der Waals surface area contributed by atoms with Crippen molar-refractivity contribution in [2.75, 3.05) is 0 Å². The molecule has 1 N–H and O–H groups in total. The van der Waals surface area contributed by atoms with Crippen LogP contribution in [0.2, 0.25) is 0 Å². The smallest absolute Gasteiger partial charge is 0.0571 e. The minimum atomic E-state index is -0.0507. The molecule has 0 spiro atoms. The van der Waals surface area contributed by atoms with Gasteiger partial charge in [0.1, 0.15) is 0 Å². The Hall–Kier alpha value is -0.820. The number of hydrogen-bond donors (Lipinski definition) is 1. The molecule has 20 heavy (non-hydrogen) atoms. The summed E-state index contributed by atoms with van der Waals surface area (Å²) in [5.74, 6) is 2.83. The van der Waals surface area contributed by atoms with E-state index in [1.165, 1.54) is 37.7 Å². The first-order chi connectivity index (χ1) is 9.74. The van der Waals surface area contributed by atoms with Crippen LogP contribution in [0.25, 0.3) is 0 Å². The lowest BCUT2D eigenvalue weighted by molar-refractivity contribution is 0.0126. The first-order valence-electron chi connectivity index (χ1n) is 8.47. The fourth-order valence-corrected chi connectivity index (χ4v) is 4.59. The third kappa shape index (κ3) is 3.09. The number of hydrogen-bond acceptors (Lipinski definition) is 1. The van der Waals surface area contributed by atoms with Gasteiger partial charge in [0.2, 0.25) is 0 Å². The van der Waals surface area contributed by atoms with E-state index in [1.807, 2.05) is 0 Å². The van der Waals surface area contributed by atoms with E-state index >= 15 is 0 Å². The monoisotopic (exact) mass is 272 g/mol. The summed E-state index contributed by atoms with van der Waals surface area (Å²) in [4.78, 5) is 0. The Labute approximate surface area is 123 Å². The Morgan fingerprint density at radius 2 is 1.75 bits per heavy atom. The van der Waals surface area contributed by atoms with Crippen molar-refractivity contribution in [3.05, 3.63) is 35.9 Å². The zero-order valence-corrected chi connectivity index (χ0v) is 12.7. The number of benzene rings is 1. The summed E-state index contributed by atoms with van der Waals surface area (Å²) in [5.41, 5.74) is 1.48. The van der Waals surface area contributed by atoms with Crippen LogP contribution in [0.1, 0.15) is 63.4 Å². The van der Waals surface area contributed by atoms with Gasteiger partial charge in [-0.25, -0.2) is 0 Å². The highest BCUT2D eigenvalue weighted by atomic mass is 16.3.